The van der Waals surface area contributed by atoms with Gasteiger partial charge in [0.15, 0.2) is 0 Å². The van der Waals surface area contributed by atoms with Gasteiger partial charge in [-0.1, -0.05) is 0 Å². The van der Waals surface area contributed by atoms with Crippen molar-refractivity contribution >= 4 is 18.0 Å². The number of hydrogen-bond acceptors (Lipinski definition) is 5. The van der Waals surface area contributed by atoms with Crippen LogP contribution in [0.25, 0.3) is 0 Å². The number of carbonyl (C=O) groups excluding carboxylic acids is 3. The molecule has 0 aromatic heterocycles. The van der Waals surface area contributed by atoms with Gasteiger partial charge in [-0.2, -0.15) is 10.2 Å². The zero-order valence-electron chi connectivity index (χ0n) is 11.7. The van der Waals surface area contributed by atoms with Gasteiger partial charge in [0, 0.05) is 0 Å². The normalized spacial score (nSPS) is 18.5. The predicted molar refractivity (Wildman–Crippen MR) is 64.9 cm³/mol. The van der Waals surface area contributed by atoms with Crippen LogP contribution in [-0.2, 0) is 9.53 Å². The lowest BCUT2D eigenvalue weighted by atomic mass is 10.0. The van der Waals surface area contributed by atoms with E-state index in [1.165, 1.54) is 13.8 Å². The maximum absolute atomic E-state index is 12.1. The topological polar surface area (TPSA) is 90.7 Å². The third-order valence-corrected chi connectivity index (χ3v) is 2.63. The molecule has 0 spiro atoms. The van der Waals surface area contributed by atoms with Crippen molar-refractivity contribution in [1.29, 1.82) is 5.26 Å². The summed E-state index contributed by atoms with van der Waals surface area (Å²) in [7, 11) is 0. The van der Waals surface area contributed by atoms with Crippen LogP contribution in [0.5, 0.6) is 0 Å². The molecule has 1 rings (SSSR count). The van der Waals surface area contributed by atoms with Crippen LogP contribution in [0.15, 0.2) is 0 Å². The number of ether oxygens (including phenoxy) is 1. The number of rotatable bonds is 1. The van der Waals surface area contributed by atoms with Crippen molar-refractivity contribution in [3.05, 3.63) is 0 Å². The first-order chi connectivity index (χ1) is 8.52. The molecule has 0 atom stereocenters. The van der Waals surface area contributed by atoms with Gasteiger partial charge in [-0.25, -0.2) is 9.59 Å². The van der Waals surface area contributed by atoms with Crippen molar-refractivity contribution in [2.45, 2.75) is 45.8 Å². The molecule has 7 heteroatoms. The number of hydrogen-bond donors (Lipinski definition) is 0. The van der Waals surface area contributed by atoms with Crippen molar-refractivity contribution in [3.8, 4) is 6.07 Å². The van der Waals surface area contributed by atoms with Crippen LogP contribution in [0.2, 0.25) is 0 Å². The minimum Gasteiger partial charge on any atom is -0.443 e. The quantitative estimate of drug-likeness (QED) is 0.530. The Morgan fingerprint density at radius 3 is 2.32 bits per heavy atom. The first-order valence-electron chi connectivity index (χ1n) is 5.78. The van der Waals surface area contributed by atoms with Crippen molar-refractivity contribution in [1.82, 2.24) is 9.80 Å². The van der Waals surface area contributed by atoms with E-state index in [0.29, 0.717) is 4.90 Å². The summed E-state index contributed by atoms with van der Waals surface area (Å²) in [5, 5.41) is 8.68. The molecule has 0 radical (unpaired) electrons. The third kappa shape index (κ3) is 2.67. The van der Waals surface area contributed by atoms with Crippen LogP contribution in [0.4, 0.5) is 9.59 Å². The van der Waals surface area contributed by atoms with Gasteiger partial charge in [-0.3, -0.25) is 9.69 Å². The lowest BCUT2D eigenvalue weighted by Gasteiger charge is -2.24. The molecule has 0 unspecified atom stereocenters. The maximum Gasteiger partial charge on any atom is 0.425 e. The number of nitriles is 1. The molecule has 19 heavy (non-hydrogen) atoms. The van der Waals surface area contributed by atoms with Gasteiger partial charge in [0.2, 0.25) is 0 Å². The smallest absolute Gasteiger partial charge is 0.425 e. The second-order valence-electron chi connectivity index (χ2n) is 5.71. The largest absolute Gasteiger partial charge is 0.443 e. The Bertz CT molecular complexity index is 470. The fraction of sp³-hybridized carbons (Fsp3) is 0.667. The summed E-state index contributed by atoms with van der Waals surface area (Å²) in [4.78, 5) is 37.5. The molecular formula is C12H17N3O4. The average molecular weight is 267 g/mol. The molecule has 0 aromatic rings. The van der Waals surface area contributed by atoms with E-state index in [2.05, 4.69) is 0 Å². The van der Waals surface area contributed by atoms with Gasteiger partial charge in [-0.05, 0) is 34.6 Å². The van der Waals surface area contributed by atoms with E-state index >= 15 is 0 Å². The first kappa shape index (κ1) is 15.0. The standard InChI is InChI=1S/C12H17N3O4/c1-11(2,3)19-10(18)15-8(16)12(4,5)14(7-6-13)9(15)17/h7H2,1-5H3. The summed E-state index contributed by atoms with van der Waals surface area (Å²) in [6, 6.07) is 0.970. The highest BCUT2D eigenvalue weighted by atomic mass is 16.6. The number of amides is 4. The molecular weight excluding hydrogens is 250 g/mol. The highest BCUT2D eigenvalue weighted by molar-refractivity contribution is 6.16. The van der Waals surface area contributed by atoms with Crippen molar-refractivity contribution in [2.24, 2.45) is 0 Å². The fourth-order valence-corrected chi connectivity index (χ4v) is 1.64. The number of urea groups is 1. The number of imide groups is 3. The van der Waals surface area contributed by atoms with Gasteiger partial charge in [0.1, 0.15) is 17.7 Å². The lowest BCUT2D eigenvalue weighted by molar-refractivity contribution is -0.131. The second kappa shape index (κ2) is 4.53. The van der Waals surface area contributed by atoms with Gasteiger partial charge < -0.3 is 4.74 Å². The second-order valence-corrected chi connectivity index (χ2v) is 5.71. The molecule has 0 saturated carbocycles. The average Bonchev–Trinajstić information content (AvgIpc) is 2.37. The van der Waals surface area contributed by atoms with E-state index in [-0.39, 0.29) is 6.54 Å². The number of carbonyl (C=O) groups is 3. The summed E-state index contributed by atoms with van der Waals surface area (Å²) >= 11 is 0. The maximum atomic E-state index is 12.1. The van der Waals surface area contributed by atoms with Crippen molar-refractivity contribution in [3.63, 3.8) is 0 Å². The highest BCUT2D eigenvalue weighted by Crippen LogP contribution is 2.28. The highest BCUT2D eigenvalue weighted by Gasteiger charge is 2.54. The Hall–Kier alpha value is -2.10. The van der Waals surface area contributed by atoms with Crippen LogP contribution in [0, 0.1) is 11.3 Å². The van der Waals surface area contributed by atoms with Crippen LogP contribution < -0.4 is 0 Å². The Morgan fingerprint density at radius 2 is 1.89 bits per heavy atom. The van der Waals surface area contributed by atoms with Gasteiger partial charge in [0.25, 0.3) is 5.91 Å². The zero-order valence-corrected chi connectivity index (χ0v) is 11.7. The molecule has 0 aromatic carbocycles. The molecule has 0 aliphatic carbocycles. The van der Waals surface area contributed by atoms with E-state index in [0.717, 1.165) is 4.90 Å². The van der Waals surface area contributed by atoms with E-state index < -0.39 is 29.2 Å². The van der Waals surface area contributed by atoms with Gasteiger partial charge in [0.05, 0.1) is 6.07 Å². The predicted octanol–water partition coefficient (Wildman–Crippen LogP) is 1.49. The lowest BCUT2D eigenvalue weighted by Crippen LogP contribution is -2.44. The summed E-state index contributed by atoms with van der Waals surface area (Å²) < 4.78 is 5.02. The molecule has 7 nitrogen and oxygen atoms in total. The molecule has 1 aliphatic rings. The molecule has 0 bridgehead atoms. The summed E-state index contributed by atoms with van der Waals surface area (Å²) in [5.41, 5.74) is -2.05. The Morgan fingerprint density at radius 1 is 1.37 bits per heavy atom. The summed E-state index contributed by atoms with van der Waals surface area (Å²) in [5.74, 6) is -0.693. The van der Waals surface area contributed by atoms with E-state index in [1.807, 2.05) is 0 Å². The van der Waals surface area contributed by atoms with Crippen molar-refractivity contribution < 1.29 is 19.1 Å². The Balaban J connectivity index is 3.05. The van der Waals surface area contributed by atoms with E-state index in [4.69, 9.17) is 10.00 Å². The molecule has 4 amide bonds. The van der Waals surface area contributed by atoms with Crippen LogP contribution in [-0.4, -0.2) is 45.5 Å². The fourth-order valence-electron chi connectivity index (χ4n) is 1.64. The number of nitrogens with zero attached hydrogens (tertiary/aromatic N) is 3. The van der Waals surface area contributed by atoms with Crippen LogP contribution in [0.3, 0.4) is 0 Å². The van der Waals surface area contributed by atoms with Crippen LogP contribution >= 0.6 is 0 Å². The molecule has 104 valence electrons. The Kier molecular flexibility index (Phi) is 3.57. The van der Waals surface area contributed by atoms with Crippen LogP contribution in [0.1, 0.15) is 34.6 Å². The molecule has 0 N–H and O–H groups in total. The summed E-state index contributed by atoms with van der Waals surface area (Å²) in [6.45, 7) is 7.59. The summed E-state index contributed by atoms with van der Waals surface area (Å²) in [6.07, 6.45) is -1.02. The first-order valence-corrected chi connectivity index (χ1v) is 5.78. The minimum atomic E-state index is -1.23. The van der Waals surface area contributed by atoms with Gasteiger partial charge in [-0.15, -0.1) is 0 Å². The monoisotopic (exact) mass is 267 g/mol. The molecule has 1 fully saturated rings. The zero-order chi connectivity index (χ0) is 15.0. The van der Waals surface area contributed by atoms with E-state index in [1.54, 1.807) is 26.8 Å². The minimum absolute atomic E-state index is 0.267. The molecule has 1 saturated heterocycles. The third-order valence-electron chi connectivity index (χ3n) is 2.63. The SMILES string of the molecule is CC(C)(C)OC(=O)N1C(=O)N(CC#N)C(C)(C)C1=O. The van der Waals surface area contributed by atoms with Gasteiger partial charge >= 0.3 is 12.1 Å². The van der Waals surface area contributed by atoms with E-state index in [9.17, 15) is 14.4 Å². The molecule has 1 heterocycles. The Labute approximate surface area is 111 Å². The molecule has 1 aliphatic heterocycles. The van der Waals surface area contributed by atoms with Crippen molar-refractivity contribution in [2.75, 3.05) is 6.54 Å².